The Bertz CT molecular complexity index is 585. The number of aromatic nitrogens is 1. The minimum absolute atomic E-state index is 0.111. The third kappa shape index (κ3) is 2.04. The van der Waals surface area contributed by atoms with Crippen molar-refractivity contribution in [1.29, 1.82) is 0 Å². The van der Waals surface area contributed by atoms with Gasteiger partial charge in [-0.15, -0.1) is 0 Å². The Kier molecular flexibility index (Phi) is 3.09. The molecule has 1 aliphatic heterocycles. The average molecular weight is 257 g/mol. The third-order valence-electron chi connectivity index (χ3n) is 3.42. The summed E-state index contributed by atoms with van der Waals surface area (Å²) >= 11 is 0. The molecule has 0 saturated carbocycles. The van der Waals surface area contributed by atoms with Gasteiger partial charge in [-0.2, -0.15) is 0 Å². The second-order valence-electron chi connectivity index (χ2n) is 4.49. The monoisotopic (exact) mass is 257 g/mol. The lowest BCUT2D eigenvalue weighted by molar-refractivity contribution is 0.123. The van der Waals surface area contributed by atoms with Crippen molar-refractivity contribution in [3.05, 3.63) is 53.9 Å². The van der Waals surface area contributed by atoms with Gasteiger partial charge in [0.1, 0.15) is 23.3 Å². The van der Waals surface area contributed by atoms with E-state index in [-0.39, 0.29) is 5.92 Å². The molecule has 4 heteroatoms. The maximum atomic E-state index is 10.6. The summed E-state index contributed by atoms with van der Waals surface area (Å²) < 4.78 is 10.8. The molecule has 98 valence electrons. The van der Waals surface area contributed by atoms with E-state index in [0.717, 1.165) is 11.3 Å². The summed E-state index contributed by atoms with van der Waals surface area (Å²) in [5.74, 6) is 1.32. The quantitative estimate of drug-likeness (QED) is 0.916. The fraction of sp³-hybridized carbons (Fsp3) is 0.267. The predicted molar refractivity (Wildman–Crippen MR) is 70.4 cm³/mol. The first-order valence-corrected chi connectivity index (χ1v) is 6.20. The van der Waals surface area contributed by atoms with Crippen LogP contribution in [0.3, 0.4) is 0 Å². The van der Waals surface area contributed by atoms with Gasteiger partial charge in [0.25, 0.3) is 0 Å². The van der Waals surface area contributed by atoms with Crippen molar-refractivity contribution < 1.29 is 14.6 Å². The first kappa shape index (κ1) is 12.0. The second kappa shape index (κ2) is 4.90. The number of rotatable bonds is 3. The molecule has 2 heterocycles. The van der Waals surface area contributed by atoms with Crippen molar-refractivity contribution in [3.63, 3.8) is 0 Å². The number of benzene rings is 1. The summed E-state index contributed by atoms with van der Waals surface area (Å²) in [5, 5.41) is 10.6. The third-order valence-corrected chi connectivity index (χ3v) is 3.42. The maximum absolute atomic E-state index is 10.6. The molecule has 0 bridgehead atoms. The molecule has 0 spiro atoms. The molecule has 2 unspecified atom stereocenters. The zero-order valence-corrected chi connectivity index (χ0v) is 10.6. The van der Waals surface area contributed by atoms with Crippen molar-refractivity contribution in [3.8, 4) is 11.5 Å². The SMILES string of the molecule is COc1cccnc1C(O)C1COc2ccccc21. The molecule has 2 aromatic rings. The van der Waals surface area contributed by atoms with Gasteiger partial charge in [0.2, 0.25) is 0 Å². The van der Waals surface area contributed by atoms with E-state index in [4.69, 9.17) is 9.47 Å². The van der Waals surface area contributed by atoms with Crippen LogP contribution < -0.4 is 9.47 Å². The number of aliphatic hydroxyl groups excluding tert-OH is 1. The van der Waals surface area contributed by atoms with E-state index in [1.54, 1.807) is 25.4 Å². The Balaban J connectivity index is 1.95. The van der Waals surface area contributed by atoms with Crippen LogP contribution in [0.4, 0.5) is 0 Å². The van der Waals surface area contributed by atoms with E-state index in [1.807, 2.05) is 24.3 Å². The summed E-state index contributed by atoms with van der Waals surface area (Å²) in [6.07, 6.45) is 0.919. The smallest absolute Gasteiger partial charge is 0.143 e. The molecule has 3 rings (SSSR count). The number of nitrogens with zero attached hydrogens (tertiary/aromatic N) is 1. The van der Waals surface area contributed by atoms with E-state index < -0.39 is 6.10 Å². The molecule has 1 N–H and O–H groups in total. The van der Waals surface area contributed by atoms with Crippen LogP contribution in [0.5, 0.6) is 11.5 Å². The van der Waals surface area contributed by atoms with Gasteiger partial charge in [-0.3, -0.25) is 4.98 Å². The Morgan fingerprint density at radius 2 is 2.16 bits per heavy atom. The van der Waals surface area contributed by atoms with E-state index in [0.29, 0.717) is 18.1 Å². The summed E-state index contributed by atoms with van der Waals surface area (Å²) in [7, 11) is 1.58. The Morgan fingerprint density at radius 3 is 3.00 bits per heavy atom. The molecule has 0 fully saturated rings. The van der Waals surface area contributed by atoms with Gasteiger partial charge in [0.15, 0.2) is 0 Å². The van der Waals surface area contributed by atoms with Crippen molar-refractivity contribution in [2.24, 2.45) is 0 Å². The highest BCUT2D eigenvalue weighted by Crippen LogP contribution is 2.42. The first-order valence-electron chi connectivity index (χ1n) is 6.20. The van der Waals surface area contributed by atoms with Gasteiger partial charge < -0.3 is 14.6 Å². The van der Waals surface area contributed by atoms with Crippen molar-refractivity contribution in [1.82, 2.24) is 4.98 Å². The van der Waals surface area contributed by atoms with Crippen LogP contribution in [0.1, 0.15) is 23.3 Å². The van der Waals surface area contributed by atoms with Gasteiger partial charge in [-0.1, -0.05) is 18.2 Å². The van der Waals surface area contributed by atoms with Crippen LogP contribution in [0, 0.1) is 0 Å². The number of aliphatic hydroxyl groups is 1. The molecule has 1 aliphatic rings. The Labute approximate surface area is 111 Å². The normalized spacial score (nSPS) is 18.5. The molecular formula is C15H15NO3. The van der Waals surface area contributed by atoms with Crippen molar-refractivity contribution >= 4 is 0 Å². The van der Waals surface area contributed by atoms with Crippen molar-refractivity contribution in [2.75, 3.05) is 13.7 Å². The summed E-state index contributed by atoms with van der Waals surface area (Å²) in [5.41, 5.74) is 1.57. The lowest BCUT2D eigenvalue weighted by Gasteiger charge is -2.18. The van der Waals surface area contributed by atoms with Gasteiger partial charge in [-0.25, -0.2) is 0 Å². The molecule has 1 aromatic heterocycles. The first-order chi connectivity index (χ1) is 9.31. The van der Waals surface area contributed by atoms with E-state index in [9.17, 15) is 5.11 Å². The van der Waals surface area contributed by atoms with Gasteiger partial charge in [0, 0.05) is 11.8 Å². The van der Waals surface area contributed by atoms with Crippen LogP contribution in [0.2, 0.25) is 0 Å². The van der Waals surface area contributed by atoms with Crippen molar-refractivity contribution in [2.45, 2.75) is 12.0 Å². The van der Waals surface area contributed by atoms with Crippen LogP contribution in [0.15, 0.2) is 42.6 Å². The number of methoxy groups -OCH3 is 1. The number of hydrogen-bond acceptors (Lipinski definition) is 4. The zero-order chi connectivity index (χ0) is 13.2. The Hall–Kier alpha value is -2.07. The number of hydrogen-bond donors (Lipinski definition) is 1. The minimum Gasteiger partial charge on any atom is -0.495 e. The van der Waals surface area contributed by atoms with E-state index in [1.165, 1.54) is 0 Å². The predicted octanol–water partition coefficient (Wildman–Crippen LogP) is 2.30. The molecule has 0 saturated heterocycles. The average Bonchev–Trinajstić information content (AvgIpc) is 2.90. The highest BCUT2D eigenvalue weighted by Gasteiger charge is 2.33. The van der Waals surface area contributed by atoms with Crippen LogP contribution in [-0.2, 0) is 0 Å². The fourth-order valence-corrected chi connectivity index (χ4v) is 2.44. The topological polar surface area (TPSA) is 51.6 Å². The van der Waals surface area contributed by atoms with E-state index in [2.05, 4.69) is 4.98 Å². The summed E-state index contributed by atoms with van der Waals surface area (Å²) in [6.45, 7) is 0.459. The molecule has 4 nitrogen and oxygen atoms in total. The second-order valence-corrected chi connectivity index (χ2v) is 4.49. The highest BCUT2D eigenvalue weighted by atomic mass is 16.5. The number of pyridine rings is 1. The fourth-order valence-electron chi connectivity index (χ4n) is 2.44. The molecule has 19 heavy (non-hydrogen) atoms. The summed E-state index contributed by atoms with van der Waals surface area (Å²) in [6, 6.07) is 11.3. The highest BCUT2D eigenvalue weighted by molar-refractivity contribution is 5.42. The van der Waals surface area contributed by atoms with Crippen LogP contribution >= 0.6 is 0 Å². The molecule has 2 atom stereocenters. The van der Waals surface area contributed by atoms with Crippen LogP contribution in [0.25, 0.3) is 0 Å². The number of ether oxygens (including phenoxy) is 2. The molecule has 0 aliphatic carbocycles. The van der Waals surface area contributed by atoms with Crippen LogP contribution in [-0.4, -0.2) is 23.8 Å². The number of fused-ring (bicyclic) bond motifs is 1. The lowest BCUT2D eigenvalue weighted by Crippen LogP contribution is -2.14. The minimum atomic E-state index is -0.736. The van der Waals surface area contributed by atoms with Gasteiger partial charge in [-0.05, 0) is 18.2 Å². The van der Waals surface area contributed by atoms with Gasteiger partial charge in [0.05, 0.1) is 19.6 Å². The molecular weight excluding hydrogens is 242 g/mol. The molecule has 0 radical (unpaired) electrons. The van der Waals surface area contributed by atoms with E-state index >= 15 is 0 Å². The lowest BCUT2D eigenvalue weighted by atomic mass is 9.93. The molecule has 0 amide bonds. The molecule has 1 aromatic carbocycles. The van der Waals surface area contributed by atoms with Gasteiger partial charge >= 0.3 is 0 Å². The Morgan fingerprint density at radius 1 is 1.32 bits per heavy atom. The number of para-hydroxylation sites is 1. The standard InChI is InChI=1S/C15H15NO3/c1-18-13-7-4-8-16-14(13)15(17)11-9-19-12-6-3-2-5-10(11)12/h2-8,11,15,17H,9H2,1H3. The summed E-state index contributed by atoms with van der Waals surface area (Å²) in [4.78, 5) is 4.24. The zero-order valence-electron chi connectivity index (χ0n) is 10.6. The maximum Gasteiger partial charge on any atom is 0.143 e. The largest absolute Gasteiger partial charge is 0.495 e.